The summed E-state index contributed by atoms with van der Waals surface area (Å²) in [6.07, 6.45) is 9.36. The zero-order valence-electron chi connectivity index (χ0n) is 17.6. The van der Waals surface area contributed by atoms with E-state index in [0.717, 1.165) is 44.6 Å². The quantitative estimate of drug-likeness (QED) is 0.500. The molecule has 27 heavy (non-hydrogen) atoms. The van der Waals surface area contributed by atoms with Gasteiger partial charge in [0.05, 0.1) is 12.7 Å². The topological polar surface area (TPSA) is 58.1 Å². The van der Waals surface area contributed by atoms with Crippen LogP contribution in [0, 0.1) is 11.3 Å². The summed E-state index contributed by atoms with van der Waals surface area (Å²) < 4.78 is 11.2. The van der Waals surface area contributed by atoms with Gasteiger partial charge in [-0.05, 0) is 58.0 Å². The average Bonchev–Trinajstić information content (AvgIpc) is 3.22. The zero-order valence-corrected chi connectivity index (χ0v) is 17.6. The number of hydrogen-bond acceptors (Lipinski definition) is 4. The van der Waals surface area contributed by atoms with Crippen LogP contribution in [0.5, 0.6) is 0 Å². The lowest BCUT2D eigenvalue weighted by atomic mass is 9.60. The predicted octanol–water partition coefficient (Wildman–Crippen LogP) is 2.25. The van der Waals surface area contributed by atoms with Crippen molar-refractivity contribution in [2.75, 3.05) is 53.6 Å². The molecule has 0 bridgehead atoms. The summed E-state index contributed by atoms with van der Waals surface area (Å²) in [4.78, 5) is 7.02. The third-order valence-electron chi connectivity index (χ3n) is 7.10. The first-order valence-corrected chi connectivity index (χ1v) is 11.0. The standard InChI is InChI=1S/C21H40N4O2/c1-4-27-19-15-18(21(19)9-5-6-10-21)24-20(22-2)23-16-17-7-11-25(12-8-17)13-14-26-3/h17-19H,4-16H2,1-3H3,(H2,22,23,24). The van der Waals surface area contributed by atoms with Gasteiger partial charge in [0.15, 0.2) is 5.96 Å². The molecule has 1 saturated heterocycles. The number of methoxy groups -OCH3 is 1. The SMILES string of the molecule is CCOC1CC(NC(=NC)NCC2CCN(CCOC)CC2)C12CCCC2. The third kappa shape index (κ3) is 4.96. The Morgan fingerprint density at radius 2 is 1.96 bits per heavy atom. The van der Waals surface area contributed by atoms with E-state index >= 15 is 0 Å². The van der Waals surface area contributed by atoms with Crippen LogP contribution in [0.3, 0.4) is 0 Å². The Balaban J connectivity index is 1.41. The number of ether oxygens (including phenoxy) is 2. The summed E-state index contributed by atoms with van der Waals surface area (Å²) in [5.41, 5.74) is 0.348. The van der Waals surface area contributed by atoms with E-state index in [2.05, 4.69) is 27.4 Å². The van der Waals surface area contributed by atoms with Crippen molar-refractivity contribution in [2.24, 2.45) is 16.3 Å². The third-order valence-corrected chi connectivity index (χ3v) is 7.10. The number of piperidine rings is 1. The van der Waals surface area contributed by atoms with Crippen LogP contribution in [0.1, 0.15) is 51.9 Å². The molecule has 0 amide bonds. The Morgan fingerprint density at radius 3 is 2.59 bits per heavy atom. The van der Waals surface area contributed by atoms with Crippen LogP contribution >= 0.6 is 0 Å². The Kier molecular flexibility index (Phi) is 7.79. The van der Waals surface area contributed by atoms with Crippen LogP contribution in [-0.4, -0.2) is 76.6 Å². The molecule has 0 aromatic rings. The van der Waals surface area contributed by atoms with Crippen molar-refractivity contribution in [3.05, 3.63) is 0 Å². The van der Waals surface area contributed by atoms with Gasteiger partial charge in [0.1, 0.15) is 0 Å². The first kappa shape index (κ1) is 20.9. The molecule has 6 heteroatoms. The average molecular weight is 381 g/mol. The highest BCUT2D eigenvalue weighted by Gasteiger charge is 2.56. The highest BCUT2D eigenvalue weighted by molar-refractivity contribution is 5.80. The van der Waals surface area contributed by atoms with Gasteiger partial charge in [0.2, 0.25) is 0 Å². The van der Waals surface area contributed by atoms with Crippen molar-refractivity contribution in [3.63, 3.8) is 0 Å². The maximum absolute atomic E-state index is 6.04. The molecule has 3 fully saturated rings. The fraction of sp³-hybridized carbons (Fsp3) is 0.952. The molecule has 2 N–H and O–H groups in total. The predicted molar refractivity (Wildman–Crippen MR) is 110 cm³/mol. The molecular weight excluding hydrogens is 340 g/mol. The van der Waals surface area contributed by atoms with Crippen molar-refractivity contribution < 1.29 is 9.47 Å². The van der Waals surface area contributed by atoms with Crippen LogP contribution in [0.25, 0.3) is 0 Å². The van der Waals surface area contributed by atoms with Gasteiger partial charge in [-0.1, -0.05) is 12.8 Å². The largest absolute Gasteiger partial charge is 0.383 e. The van der Waals surface area contributed by atoms with Gasteiger partial charge in [-0.25, -0.2) is 0 Å². The molecule has 2 aliphatic carbocycles. The van der Waals surface area contributed by atoms with E-state index in [9.17, 15) is 0 Å². The minimum absolute atomic E-state index is 0.348. The van der Waals surface area contributed by atoms with Gasteiger partial charge in [0.25, 0.3) is 0 Å². The van der Waals surface area contributed by atoms with Gasteiger partial charge in [-0.3, -0.25) is 4.99 Å². The maximum Gasteiger partial charge on any atom is 0.191 e. The molecule has 1 spiro atoms. The summed E-state index contributed by atoms with van der Waals surface area (Å²) in [5, 5.41) is 7.34. The van der Waals surface area contributed by atoms with E-state index < -0.39 is 0 Å². The van der Waals surface area contributed by atoms with E-state index in [-0.39, 0.29) is 0 Å². The van der Waals surface area contributed by atoms with E-state index in [4.69, 9.17) is 9.47 Å². The Morgan fingerprint density at radius 1 is 1.22 bits per heavy atom. The number of rotatable bonds is 8. The van der Waals surface area contributed by atoms with E-state index in [1.54, 1.807) is 7.11 Å². The van der Waals surface area contributed by atoms with E-state index in [1.165, 1.54) is 51.6 Å². The highest BCUT2D eigenvalue weighted by atomic mass is 16.5. The normalized spacial score (nSPS) is 29.1. The molecule has 0 aromatic heterocycles. The molecule has 2 unspecified atom stereocenters. The Hall–Kier alpha value is -0.850. The van der Waals surface area contributed by atoms with Gasteiger partial charge in [0, 0.05) is 45.3 Å². The van der Waals surface area contributed by atoms with Gasteiger partial charge in [-0.2, -0.15) is 0 Å². The smallest absolute Gasteiger partial charge is 0.191 e. The molecule has 3 aliphatic rings. The molecule has 1 aliphatic heterocycles. The summed E-state index contributed by atoms with van der Waals surface area (Å²) in [6.45, 7) is 8.23. The van der Waals surface area contributed by atoms with Crippen molar-refractivity contribution in [3.8, 4) is 0 Å². The van der Waals surface area contributed by atoms with E-state index in [0.29, 0.717) is 17.6 Å². The zero-order chi connectivity index (χ0) is 19.1. The molecule has 3 rings (SSSR count). The Labute approximate surface area is 165 Å². The minimum atomic E-state index is 0.348. The molecule has 156 valence electrons. The molecule has 0 radical (unpaired) electrons. The fourth-order valence-corrected chi connectivity index (χ4v) is 5.32. The number of aliphatic imine (C=N–C) groups is 1. The lowest BCUT2D eigenvalue weighted by molar-refractivity contribution is -0.125. The van der Waals surface area contributed by atoms with Crippen LogP contribution in [0.4, 0.5) is 0 Å². The van der Waals surface area contributed by atoms with Gasteiger partial charge in [-0.15, -0.1) is 0 Å². The molecule has 2 atom stereocenters. The van der Waals surface area contributed by atoms with Gasteiger partial charge < -0.3 is 25.0 Å². The second kappa shape index (κ2) is 10.1. The first-order valence-electron chi connectivity index (χ1n) is 11.0. The molecule has 2 saturated carbocycles. The maximum atomic E-state index is 6.04. The lowest BCUT2D eigenvalue weighted by Crippen LogP contribution is -2.65. The van der Waals surface area contributed by atoms with Crippen LogP contribution < -0.4 is 10.6 Å². The van der Waals surface area contributed by atoms with Gasteiger partial charge >= 0.3 is 0 Å². The molecule has 6 nitrogen and oxygen atoms in total. The summed E-state index contributed by atoms with van der Waals surface area (Å²) >= 11 is 0. The molecular formula is C21H40N4O2. The minimum Gasteiger partial charge on any atom is -0.383 e. The first-order chi connectivity index (χ1) is 13.2. The molecule has 1 heterocycles. The van der Waals surface area contributed by atoms with Crippen molar-refractivity contribution >= 4 is 5.96 Å². The lowest BCUT2D eigenvalue weighted by Gasteiger charge is -2.54. The fourth-order valence-electron chi connectivity index (χ4n) is 5.32. The number of guanidine groups is 1. The number of nitrogens with one attached hydrogen (secondary N) is 2. The monoisotopic (exact) mass is 380 g/mol. The Bertz CT molecular complexity index is 471. The van der Waals surface area contributed by atoms with Crippen LogP contribution in [-0.2, 0) is 9.47 Å². The van der Waals surface area contributed by atoms with Crippen molar-refractivity contribution in [1.82, 2.24) is 15.5 Å². The number of nitrogens with zero attached hydrogens (tertiary/aromatic N) is 2. The summed E-state index contributed by atoms with van der Waals surface area (Å²) in [6, 6.07) is 0.513. The summed E-state index contributed by atoms with van der Waals surface area (Å²) in [5.74, 6) is 1.71. The van der Waals surface area contributed by atoms with Crippen LogP contribution in [0.2, 0.25) is 0 Å². The van der Waals surface area contributed by atoms with Crippen LogP contribution in [0.15, 0.2) is 4.99 Å². The summed E-state index contributed by atoms with van der Waals surface area (Å²) in [7, 11) is 3.67. The highest BCUT2D eigenvalue weighted by Crippen LogP contribution is 2.54. The van der Waals surface area contributed by atoms with E-state index in [1.807, 2.05) is 7.05 Å². The van der Waals surface area contributed by atoms with Crippen molar-refractivity contribution in [2.45, 2.75) is 64.0 Å². The second-order valence-electron chi connectivity index (χ2n) is 8.55. The second-order valence-corrected chi connectivity index (χ2v) is 8.55. The molecule has 0 aromatic carbocycles. The number of likely N-dealkylation sites (tertiary alicyclic amines) is 1. The van der Waals surface area contributed by atoms with Crippen molar-refractivity contribution in [1.29, 1.82) is 0 Å². The number of hydrogen-bond donors (Lipinski definition) is 2.